The zero-order valence-corrected chi connectivity index (χ0v) is 14.4. The molecular weight excluding hydrogens is 344 g/mol. The summed E-state index contributed by atoms with van der Waals surface area (Å²) in [5, 5.41) is 3.26. The highest BCUT2D eigenvalue weighted by molar-refractivity contribution is 6.31. The Morgan fingerprint density at radius 3 is 2.60 bits per heavy atom. The maximum absolute atomic E-state index is 12.3. The van der Waals surface area contributed by atoms with Crippen LogP contribution in [0.15, 0.2) is 42.5 Å². The maximum atomic E-state index is 12.3. The van der Waals surface area contributed by atoms with Gasteiger partial charge in [0.15, 0.2) is 11.5 Å². The Hall–Kier alpha value is -2.73. The van der Waals surface area contributed by atoms with Crippen molar-refractivity contribution in [2.75, 3.05) is 30.0 Å². The molecule has 7 heteroatoms. The van der Waals surface area contributed by atoms with Gasteiger partial charge in [-0.15, -0.1) is 0 Å². The van der Waals surface area contributed by atoms with Crippen molar-refractivity contribution in [2.45, 2.75) is 6.92 Å². The van der Waals surface area contributed by atoms with Gasteiger partial charge in [-0.2, -0.15) is 0 Å². The fraction of sp³-hybridized carbons (Fsp3) is 0.222. The van der Waals surface area contributed by atoms with E-state index in [0.29, 0.717) is 41.1 Å². The molecule has 3 rings (SSSR count). The van der Waals surface area contributed by atoms with E-state index in [1.807, 2.05) is 0 Å². The lowest BCUT2D eigenvalue weighted by Gasteiger charge is -2.22. The number of ether oxygens (including phenoxy) is 2. The normalized spacial score (nSPS) is 12.4. The standard InChI is InChI=1S/C18H17ClN2O4/c1-12(22)21(15-4-2-3-13(19)9-15)11-18(23)20-14-5-6-16-17(10-14)25-8-7-24-16/h2-6,9-10H,7-8,11H2,1H3,(H,20,23). The van der Waals surface area contributed by atoms with E-state index >= 15 is 0 Å². The van der Waals surface area contributed by atoms with Crippen LogP contribution in [0, 0.1) is 0 Å². The predicted molar refractivity (Wildman–Crippen MR) is 95.5 cm³/mol. The van der Waals surface area contributed by atoms with Crippen LogP contribution in [0.2, 0.25) is 5.02 Å². The first-order valence-electron chi connectivity index (χ1n) is 7.76. The number of nitrogens with zero attached hydrogens (tertiary/aromatic N) is 1. The maximum Gasteiger partial charge on any atom is 0.244 e. The lowest BCUT2D eigenvalue weighted by molar-refractivity contribution is -0.120. The van der Waals surface area contributed by atoms with E-state index in [9.17, 15) is 9.59 Å². The van der Waals surface area contributed by atoms with Gasteiger partial charge in [0.25, 0.3) is 0 Å². The number of halogens is 1. The van der Waals surface area contributed by atoms with Crippen LogP contribution in [0.5, 0.6) is 11.5 Å². The first kappa shape index (κ1) is 17.1. The Bertz CT molecular complexity index is 809. The highest BCUT2D eigenvalue weighted by atomic mass is 35.5. The van der Waals surface area contributed by atoms with Crippen LogP contribution in [0.3, 0.4) is 0 Å². The second-order valence-electron chi connectivity index (χ2n) is 5.49. The zero-order chi connectivity index (χ0) is 17.8. The molecule has 0 spiro atoms. The van der Waals surface area contributed by atoms with Gasteiger partial charge in [-0.25, -0.2) is 0 Å². The summed E-state index contributed by atoms with van der Waals surface area (Å²) >= 11 is 5.96. The molecule has 0 saturated carbocycles. The van der Waals surface area contributed by atoms with Gasteiger partial charge < -0.3 is 19.7 Å². The van der Waals surface area contributed by atoms with Crippen molar-refractivity contribution < 1.29 is 19.1 Å². The number of hydrogen-bond donors (Lipinski definition) is 1. The SMILES string of the molecule is CC(=O)N(CC(=O)Nc1ccc2c(c1)OCCO2)c1cccc(Cl)c1. The minimum Gasteiger partial charge on any atom is -0.486 e. The van der Waals surface area contributed by atoms with E-state index in [1.165, 1.54) is 11.8 Å². The molecular formula is C18H17ClN2O4. The summed E-state index contributed by atoms with van der Waals surface area (Å²) in [6.45, 7) is 2.26. The molecule has 130 valence electrons. The minimum absolute atomic E-state index is 0.121. The minimum atomic E-state index is -0.327. The molecule has 1 aliphatic rings. The van der Waals surface area contributed by atoms with Crippen LogP contribution < -0.4 is 19.7 Å². The quantitative estimate of drug-likeness (QED) is 0.909. The second-order valence-corrected chi connectivity index (χ2v) is 5.93. The third-order valence-electron chi connectivity index (χ3n) is 3.63. The number of nitrogens with one attached hydrogen (secondary N) is 1. The van der Waals surface area contributed by atoms with Crippen LogP contribution in [0.1, 0.15) is 6.92 Å². The molecule has 0 radical (unpaired) electrons. The molecule has 0 aliphatic carbocycles. The van der Waals surface area contributed by atoms with Gasteiger partial charge in [0.2, 0.25) is 11.8 Å². The predicted octanol–water partition coefficient (Wildman–Crippen LogP) is 3.10. The molecule has 2 aromatic carbocycles. The van der Waals surface area contributed by atoms with Crippen LogP contribution >= 0.6 is 11.6 Å². The number of carbonyl (C=O) groups is 2. The molecule has 0 bridgehead atoms. The monoisotopic (exact) mass is 360 g/mol. The topological polar surface area (TPSA) is 67.9 Å². The third kappa shape index (κ3) is 4.22. The molecule has 0 fully saturated rings. The molecule has 0 atom stereocenters. The average Bonchev–Trinajstić information content (AvgIpc) is 2.59. The van der Waals surface area contributed by atoms with Crippen molar-refractivity contribution in [3.8, 4) is 11.5 Å². The fourth-order valence-electron chi connectivity index (χ4n) is 2.49. The second kappa shape index (κ2) is 7.44. The van der Waals surface area contributed by atoms with Crippen molar-refractivity contribution in [3.05, 3.63) is 47.5 Å². The summed E-state index contributed by atoms with van der Waals surface area (Å²) in [5.74, 6) is 0.655. The summed E-state index contributed by atoms with van der Waals surface area (Å²) in [6.07, 6.45) is 0. The molecule has 0 unspecified atom stereocenters. The summed E-state index contributed by atoms with van der Waals surface area (Å²) in [4.78, 5) is 25.6. The van der Waals surface area contributed by atoms with Crippen LogP contribution in [-0.2, 0) is 9.59 Å². The van der Waals surface area contributed by atoms with Gasteiger partial charge in [0, 0.05) is 29.4 Å². The van der Waals surface area contributed by atoms with Crippen LogP contribution in [-0.4, -0.2) is 31.6 Å². The molecule has 2 amide bonds. The number of fused-ring (bicyclic) bond motifs is 1. The lowest BCUT2D eigenvalue weighted by atomic mass is 10.2. The first-order valence-corrected chi connectivity index (χ1v) is 8.14. The van der Waals surface area contributed by atoms with Gasteiger partial charge in [-0.3, -0.25) is 9.59 Å². The fourth-order valence-corrected chi connectivity index (χ4v) is 2.68. The van der Waals surface area contributed by atoms with Crippen molar-refractivity contribution in [1.29, 1.82) is 0 Å². The summed E-state index contributed by atoms with van der Waals surface area (Å²) in [6, 6.07) is 12.0. The van der Waals surface area contributed by atoms with Crippen LogP contribution in [0.25, 0.3) is 0 Å². The Balaban J connectivity index is 1.71. The van der Waals surface area contributed by atoms with Crippen molar-refractivity contribution in [3.63, 3.8) is 0 Å². The Morgan fingerprint density at radius 1 is 1.12 bits per heavy atom. The molecule has 2 aromatic rings. The smallest absolute Gasteiger partial charge is 0.244 e. The van der Waals surface area contributed by atoms with E-state index in [-0.39, 0.29) is 18.4 Å². The zero-order valence-electron chi connectivity index (χ0n) is 13.6. The number of carbonyl (C=O) groups excluding carboxylic acids is 2. The molecule has 1 heterocycles. The average molecular weight is 361 g/mol. The molecule has 25 heavy (non-hydrogen) atoms. The molecule has 6 nitrogen and oxygen atoms in total. The van der Waals surface area contributed by atoms with E-state index in [1.54, 1.807) is 42.5 Å². The van der Waals surface area contributed by atoms with Gasteiger partial charge in [-0.05, 0) is 30.3 Å². The number of amides is 2. The summed E-state index contributed by atoms with van der Waals surface area (Å²) in [7, 11) is 0. The van der Waals surface area contributed by atoms with E-state index < -0.39 is 0 Å². The van der Waals surface area contributed by atoms with E-state index in [0.717, 1.165) is 0 Å². The van der Waals surface area contributed by atoms with Gasteiger partial charge in [-0.1, -0.05) is 17.7 Å². The lowest BCUT2D eigenvalue weighted by Crippen LogP contribution is -2.36. The van der Waals surface area contributed by atoms with Gasteiger partial charge in [0.1, 0.15) is 19.8 Å². The number of rotatable bonds is 4. The summed E-state index contributed by atoms with van der Waals surface area (Å²) < 4.78 is 10.9. The van der Waals surface area contributed by atoms with Crippen molar-refractivity contribution >= 4 is 34.8 Å². The molecule has 1 N–H and O–H groups in total. The number of benzene rings is 2. The number of hydrogen-bond acceptors (Lipinski definition) is 4. The summed E-state index contributed by atoms with van der Waals surface area (Å²) in [5.41, 5.74) is 1.14. The number of anilines is 2. The highest BCUT2D eigenvalue weighted by Gasteiger charge is 2.17. The third-order valence-corrected chi connectivity index (χ3v) is 3.86. The Kier molecular flexibility index (Phi) is 5.09. The van der Waals surface area contributed by atoms with E-state index in [4.69, 9.17) is 21.1 Å². The Morgan fingerprint density at radius 2 is 1.88 bits per heavy atom. The molecule has 0 saturated heterocycles. The highest BCUT2D eigenvalue weighted by Crippen LogP contribution is 2.32. The first-order chi connectivity index (χ1) is 12.0. The van der Waals surface area contributed by atoms with Crippen molar-refractivity contribution in [2.24, 2.45) is 0 Å². The molecule has 1 aliphatic heterocycles. The van der Waals surface area contributed by atoms with Gasteiger partial charge in [0.05, 0.1) is 0 Å². The van der Waals surface area contributed by atoms with Crippen molar-refractivity contribution in [1.82, 2.24) is 0 Å². The van der Waals surface area contributed by atoms with Gasteiger partial charge >= 0.3 is 0 Å². The Labute approximate surface area is 150 Å². The largest absolute Gasteiger partial charge is 0.486 e. The van der Waals surface area contributed by atoms with E-state index in [2.05, 4.69) is 5.32 Å². The van der Waals surface area contributed by atoms with Crippen LogP contribution in [0.4, 0.5) is 11.4 Å². The molecule has 0 aromatic heterocycles.